The van der Waals surface area contributed by atoms with Gasteiger partial charge in [-0.05, 0) is 51.6 Å². The highest BCUT2D eigenvalue weighted by atomic mass is 79.9. The van der Waals surface area contributed by atoms with Crippen LogP contribution in [0.1, 0.15) is 5.69 Å². The summed E-state index contributed by atoms with van der Waals surface area (Å²) in [5.41, 5.74) is 4.19. The van der Waals surface area contributed by atoms with Gasteiger partial charge in [-0.1, -0.05) is 12.1 Å². The van der Waals surface area contributed by atoms with E-state index in [-0.39, 0.29) is 0 Å². The molecule has 0 spiro atoms. The van der Waals surface area contributed by atoms with Gasteiger partial charge in [-0.15, -0.1) is 0 Å². The van der Waals surface area contributed by atoms with Gasteiger partial charge in [0.05, 0.1) is 28.8 Å². The third-order valence-corrected chi connectivity index (χ3v) is 4.81. The second-order valence-electron chi connectivity index (χ2n) is 5.11. The molecule has 0 aliphatic carbocycles. The van der Waals surface area contributed by atoms with Crippen LogP contribution in [0.25, 0.3) is 10.9 Å². The number of rotatable bonds is 4. The van der Waals surface area contributed by atoms with Gasteiger partial charge >= 0.3 is 0 Å². The molecule has 0 saturated heterocycles. The summed E-state index contributed by atoms with van der Waals surface area (Å²) in [4.78, 5) is 4.38. The number of fused-ring (bicyclic) bond motifs is 1. The average molecular weight is 385 g/mol. The lowest BCUT2D eigenvalue weighted by molar-refractivity contribution is 0.691. The zero-order chi connectivity index (χ0) is 15.6. The number of halogens is 1. The fourth-order valence-electron chi connectivity index (χ4n) is 2.54. The first kappa shape index (κ1) is 14.4. The normalized spacial score (nSPS) is 11.0. The summed E-state index contributed by atoms with van der Waals surface area (Å²) >= 11 is 5.27. The maximum atomic E-state index is 4.63. The lowest BCUT2D eigenvalue weighted by Gasteiger charge is -2.07. The third-order valence-electron chi connectivity index (χ3n) is 3.57. The number of hydrogen-bond donors (Lipinski definition) is 1. The number of aromatic nitrogens is 3. The van der Waals surface area contributed by atoms with Crippen molar-refractivity contribution < 1.29 is 0 Å². The van der Waals surface area contributed by atoms with E-state index in [0.29, 0.717) is 6.54 Å². The van der Waals surface area contributed by atoms with Crippen LogP contribution in [-0.2, 0) is 6.54 Å². The lowest BCUT2D eigenvalue weighted by atomic mass is 10.2. The SMILES string of the molecule is Brc1nn(Cc2ccccn2)c2cccc(Nc3ccsc3)c12. The van der Waals surface area contributed by atoms with Crippen molar-refractivity contribution in [3.05, 3.63) is 69.7 Å². The first-order valence-corrected chi connectivity index (χ1v) is 8.89. The van der Waals surface area contributed by atoms with Crippen LogP contribution in [0.4, 0.5) is 11.4 Å². The third kappa shape index (κ3) is 2.87. The number of anilines is 2. The zero-order valence-corrected chi connectivity index (χ0v) is 14.5. The first-order valence-electron chi connectivity index (χ1n) is 7.15. The molecule has 0 bridgehead atoms. The quantitative estimate of drug-likeness (QED) is 0.535. The van der Waals surface area contributed by atoms with Crippen LogP contribution < -0.4 is 5.32 Å². The molecule has 4 rings (SSSR count). The molecule has 0 radical (unpaired) electrons. The minimum Gasteiger partial charge on any atom is -0.354 e. The molecular weight excluding hydrogens is 372 g/mol. The molecule has 3 heterocycles. The molecule has 23 heavy (non-hydrogen) atoms. The maximum Gasteiger partial charge on any atom is 0.138 e. The Morgan fingerprint density at radius 3 is 2.87 bits per heavy atom. The fraction of sp³-hybridized carbons (Fsp3) is 0.0588. The summed E-state index contributed by atoms with van der Waals surface area (Å²) in [6.07, 6.45) is 1.81. The molecule has 1 aromatic carbocycles. The minimum absolute atomic E-state index is 0.644. The second-order valence-corrected chi connectivity index (χ2v) is 6.64. The summed E-state index contributed by atoms with van der Waals surface area (Å²) in [6, 6.07) is 14.2. The van der Waals surface area contributed by atoms with Gasteiger partial charge in [-0.3, -0.25) is 9.67 Å². The Morgan fingerprint density at radius 1 is 1.13 bits per heavy atom. The van der Waals surface area contributed by atoms with E-state index in [0.717, 1.165) is 32.6 Å². The van der Waals surface area contributed by atoms with Crippen molar-refractivity contribution in [1.29, 1.82) is 0 Å². The van der Waals surface area contributed by atoms with Gasteiger partial charge in [-0.2, -0.15) is 16.4 Å². The van der Waals surface area contributed by atoms with E-state index in [1.165, 1.54) is 0 Å². The number of benzene rings is 1. The standard InChI is InChI=1S/C17H13BrN4S/c18-17-16-14(20-13-7-9-23-11-13)5-3-6-15(16)22(21-17)10-12-4-1-2-8-19-12/h1-9,11,20H,10H2. The van der Waals surface area contributed by atoms with Gasteiger partial charge in [0.1, 0.15) is 4.60 Å². The van der Waals surface area contributed by atoms with Crippen LogP contribution in [0.2, 0.25) is 0 Å². The van der Waals surface area contributed by atoms with E-state index in [1.807, 2.05) is 28.9 Å². The van der Waals surface area contributed by atoms with Crippen LogP contribution in [0.15, 0.2) is 64.0 Å². The topological polar surface area (TPSA) is 42.7 Å². The molecule has 0 aliphatic rings. The highest BCUT2D eigenvalue weighted by Gasteiger charge is 2.13. The molecule has 0 atom stereocenters. The summed E-state index contributed by atoms with van der Waals surface area (Å²) < 4.78 is 2.81. The number of hydrogen-bond acceptors (Lipinski definition) is 4. The Bertz CT molecular complexity index is 932. The predicted octanol–water partition coefficient (Wildman–Crippen LogP) is 5.05. The molecular formula is C17H13BrN4S. The van der Waals surface area contributed by atoms with Gasteiger partial charge in [0.15, 0.2) is 0 Å². The number of thiophene rings is 1. The molecule has 1 N–H and O–H groups in total. The number of nitrogens with zero attached hydrogens (tertiary/aromatic N) is 3. The molecule has 0 fully saturated rings. The van der Waals surface area contributed by atoms with E-state index in [1.54, 1.807) is 17.5 Å². The fourth-order valence-corrected chi connectivity index (χ4v) is 3.74. The Kier molecular flexibility index (Phi) is 3.85. The van der Waals surface area contributed by atoms with E-state index >= 15 is 0 Å². The zero-order valence-electron chi connectivity index (χ0n) is 12.1. The van der Waals surface area contributed by atoms with E-state index in [2.05, 4.69) is 60.3 Å². The van der Waals surface area contributed by atoms with E-state index in [9.17, 15) is 0 Å². The molecule has 0 amide bonds. The molecule has 6 heteroatoms. The monoisotopic (exact) mass is 384 g/mol. The summed E-state index contributed by atoms with van der Waals surface area (Å²) in [5, 5.41) is 13.3. The van der Waals surface area contributed by atoms with Crippen molar-refractivity contribution in [3.63, 3.8) is 0 Å². The average Bonchev–Trinajstić information content (AvgIpc) is 3.18. The van der Waals surface area contributed by atoms with Crippen molar-refractivity contribution in [2.75, 3.05) is 5.32 Å². The first-order chi connectivity index (χ1) is 11.3. The highest BCUT2D eigenvalue weighted by molar-refractivity contribution is 9.10. The van der Waals surface area contributed by atoms with Crippen LogP contribution in [0.3, 0.4) is 0 Å². The van der Waals surface area contributed by atoms with Gasteiger partial charge in [0.2, 0.25) is 0 Å². The van der Waals surface area contributed by atoms with Crippen molar-refractivity contribution in [2.45, 2.75) is 6.54 Å². The second kappa shape index (κ2) is 6.14. The number of nitrogens with one attached hydrogen (secondary N) is 1. The van der Waals surface area contributed by atoms with E-state index < -0.39 is 0 Å². The molecule has 114 valence electrons. The Labute approximate surface area is 145 Å². The smallest absolute Gasteiger partial charge is 0.138 e. The van der Waals surface area contributed by atoms with Crippen molar-refractivity contribution >= 4 is 49.5 Å². The summed E-state index contributed by atoms with van der Waals surface area (Å²) in [5.74, 6) is 0. The van der Waals surface area contributed by atoms with Crippen LogP contribution in [-0.4, -0.2) is 14.8 Å². The van der Waals surface area contributed by atoms with Crippen LogP contribution in [0, 0.1) is 0 Å². The van der Waals surface area contributed by atoms with Crippen molar-refractivity contribution in [1.82, 2.24) is 14.8 Å². The molecule has 4 aromatic rings. The Morgan fingerprint density at radius 2 is 2.09 bits per heavy atom. The molecule has 0 unspecified atom stereocenters. The van der Waals surface area contributed by atoms with Crippen LogP contribution >= 0.6 is 27.3 Å². The predicted molar refractivity (Wildman–Crippen MR) is 98.4 cm³/mol. The van der Waals surface area contributed by atoms with Gasteiger partial charge in [0.25, 0.3) is 0 Å². The Hall–Kier alpha value is -2.18. The van der Waals surface area contributed by atoms with Gasteiger partial charge in [-0.25, -0.2) is 0 Å². The Balaban J connectivity index is 1.76. The van der Waals surface area contributed by atoms with Crippen LogP contribution in [0.5, 0.6) is 0 Å². The van der Waals surface area contributed by atoms with Crippen molar-refractivity contribution in [2.24, 2.45) is 0 Å². The van der Waals surface area contributed by atoms with Crippen molar-refractivity contribution in [3.8, 4) is 0 Å². The largest absolute Gasteiger partial charge is 0.354 e. The molecule has 4 nitrogen and oxygen atoms in total. The van der Waals surface area contributed by atoms with E-state index in [4.69, 9.17) is 0 Å². The summed E-state index contributed by atoms with van der Waals surface area (Å²) in [7, 11) is 0. The lowest BCUT2D eigenvalue weighted by Crippen LogP contribution is -2.03. The van der Waals surface area contributed by atoms with Gasteiger partial charge < -0.3 is 5.32 Å². The molecule has 0 saturated carbocycles. The maximum absolute atomic E-state index is 4.63. The number of pyridine rings is 1. The van der Waals surface area contributed by atoms with Gasteiger partial charge in [0, 0.05) is 17.3 Å². The molecule has 3 aromatic heterocycles. The highest BCUT2D eigenvalue weighted by Crippen LogP contribution is 2.33. The minimum atomic E-state index is 0.644. The molecule has 0 aliphatic heterocycles. The summed E-state index contributed by atoms with van der Waals surface area (Å²) in [6.45, 7) is 0.644.